The van der Waals surface area contributed by atoms with Crippen molar-refractivity contribution >= 4 is 0 Å². The molecule has 0 spiro atoms. The first-order valence-electron chi connectivity index (χ1n) is 6.16. The van der Waals surface area contributed by atoms with Gasteiger partial charge in [0, 0.05) is 6.61 Å². The smallest absolute Gasteiger partial charge is 0.0599 e. The second kappa shape index (κ2) is 5.13. The number of aliphatic hydroxyl groups is 1. The Morgan fingerprint density at radius 1 is 1.07 bits per heavy atom. The summed E-state index contributed by atoms with van der Waals surface area (Å²) in [6, 6.07) is 0. The fourth-order valence-corrected chi connectivity index (χ4v) is 2.80. The van der Waals surface area contributed by atoms with Crippen molar-refractivity contribution in [1.29, 1.82) is 0 Å². The Balaban J connectivity index is 1.72. The lowest BCUT2D eigenvalue weighted by Crippen LogP contribution is -2.28. The van der Waals surface area contributed by atoms with Crippen LogP contribution in [-0.4, -0.2) is 23.9 Å². The summed E-state index contributed by atoms with van der Waals surface area (Å²) in [5, 5.41) is 10.0. The van der Waals surface area contributed by atoms with Crippen LogP contribution in [0.4, 0.5) is 0 Å². The molecule has 1 saturated carbocycles. The van der Waals surface area contributed by atoms with Crippen LogP contribution >= 0.6 is 0 Å². The van der Waals surface area contributed by atoms with E-state index in [4.69, 9.17) is 4.74 Å². The van der Waals surface area contributed by atoms with Gasteiger partial charge in [0.05, 0.1) is 12.2 Å². The monoisotopic (exact) mass is 198 g/mol. The highest BCUT2D eigenvalue weighted by molar-refractivity contribution is 4.78. The molecule has 1 heterocycles. The van der Waals surface area contributed by atoms with Crippen LogP contribution in [0.3, 0.4) is 0 Å². The summed E-state index contributed by atoms with van der Waals surface area (Å²) in [6.45, 7) is 0.905. The molecule has 2 unspecified atom stereocenters. The molecule has 2 heteroatoms. The molecule has 1 aliphatic heterocycles. The minimum Gasteiger partial charge on any atom is -0.393 e. The van der Waals surface area contributed by atoms with E-state index in [0.717, 1.165) is 19.4 Å². The Hall–Kier alpha value is -0.0800. The van der Waals surface area contributed by atoms with Crippen molar-refractivity contribution in [2.45, 2.75) is 63.6 Å². The minimum absolute atomic E-state index is 0.0967. The van der Waals surface area contributed by atoms with Crippen LogP contribution in [0, 0.1) is 5.92 Å². The quantitative estimate of drug-likeness (QED) is 0.755. The molecule has 2 atom stereocenters. The van der Waals surface area contributed by atoms with Gasteiger partial charge in [-0.05, 0) is 44.4 Å². The third-order valence-corrected chi connectivity index (χ3v) is 3.72. The Morgan fingerprint density at radius 3 is 2.43 bits per heavy atom. The molecule has 1 saturated heterocycles. The van der Waals surface area contributed by atoms with E-state index in [1.165, 1.54) is 38.5 Å². The second-order valence-electron chi connectivity index (χ2n) is 4.84. The van der Waals surface area contributed by atoms with E-state index >= 15 is 0 Å². The van der Waals surface area contributed by atoms with Crippen molar-refractivity contribution in [3.05, 3.63) is 0 Å². The van der Waals surface area contributed by atoms with Gasteiger partial charge in [-0.1, -0.05) is 12.8 Å². The highest BCUT2D eigenvalue weighted by atomic mass is 16.5. The average Bonchev–Trinajstić information content (AvgIpc) is 2.72. The minimum atomic E-state index is -0.0967. The van der Waals surface area contributed by atoms with Crippen LogP contribution in [0.25, 0.3) is 0 Å². The molecule has 82 valence electrons. The summed E-state index contributed by atoms with van der Waals surface area (Å²) >= 11 is 0. The Morgan fingerprint density at radius 2 is 1.79 bits per heavy atom. The summed E-state index contributed by atoms with van der Waals surface area (Å²) in [5.41, 5.74) is 0. The van der Waals surface area contributed by atoms with Crippen LogP contribution in [0.15, 0.2) is 0 Å². The van der Waals surface area contributed by atoms with Gasteiger partial charge in [-0.25, -0.2) is 0 Å². The molecule has 0 aromatic rings. The topological polar surface area (TPSA) is 29.5 Å². The maximum absolute atomic E-state index is 10.0. The summed E-state index contributed by atoms with van der Waals surface area (Å²) in [4.78, 5) is 0. The number of hydrogen-bond acceptors (Lipinski definition) is 2. The van der Waals surface area contributed by atoms with Crippen LogP contribution in [0.2, 0.25) is 0 Å². The lowest BCUT2D eigenvalue weighted by atomic mass is 9.93. The van der Waals surface area contributed by atoms with E-state index < -0.39 is 0 Å². The third kappa shape index (κ3) is 2.71. The molecule has 0 amide bonds. The van der Waals surface area contributed by atoms with Gasteiger partial charge in [-0.15, -0.1) is 0 Å². The van der Waals surface area contributed by atoms with Gasteiger partial charge in [0.25, 0.3) is 0 Å². The van der Waals surface area contributed by atoms with Gasteiger partial charge in [0.15, 0.2) is 0 Å². The fourth-order valence-electron chi connectivity index (χ4n) is 2.80. The van der Waals surface area contributed by atoms with Gasteiger partial charge in [0.2, 0.25) is 0 Å². The molecule has 0 bridgehead atoms. The molecular weight excluding hydrogens is 176 g/mol. The first kappa shape index (κ1) is 10.4. The normalized spacial score (nSPS) is 31.9. The highest BCUT2D eigenvalue weighted by Gasteiger charge is 2.26. The van der Waals surface area contributed by atoms with Gasteiger partial charge in [0.1, 0.15) is 0 Å². The van der Waals surface area contributed by atoms with Gasteiger partial charge >= 0.3 is 0 Å². The van der Waals surface area contributed by atoms with Crippen molar-refractivity contribution in [1.82, 2.24) is 0 Å². The zero-order chi connectivity index (χ0) is 9.80. The summed E-state index contributed by atoms with van der Waals surface area (Å²) in [7, 11) is 0. The maximum Gasteiger partial charge on any atom is 0.0599 e. The number of ether oxygens (including phenoxy) is 1. The Kier molecular flexibility index (Phi) is 3.82. The molecular formula is C12H22O2. The molecule has 0 radical (unpaired) electrons. The third-order valence-electron chi connectivity index (χ3n) is 3.72. The summed E-state index contributed by atoms with van der Waals surface area (Å²) in [6.07, 6.45) is 9.86. The first-order chi connectivity index (χ1) is 6.86. The summed E-state index contributed by atoms with van der Waals surface area (Å²) < 4.78 is 5.65. The molecule has 1 N–H and O–H groups in total. The van der Waals surface area contributed by atoms with E-state index in [1.54, 1.807) is 0 Å². The van der Waals surface area contributed by atoms with Gasteiger partial charge in [-0.2, -0.15) is 0 Å². The molecule has 0 aromatic carbocycles. The summed E-state index contributed by atoms with van der Waals surface area (Å²) in [5.74, 6) is 0.570. The van der Waals surface area contributed by atoms with E-state index in [1.807, 2.05) is 0 Å². The molecule has 2 aliphatic rings. The molecule has 2 nitrogen and oxygen atoms in total. The van der Waals surface area contributed by atoms with E-state index in [9.17, 15) is 5.11 Å². The van der Waals surface area contributed by atoms with Crippen LogP contribution < -0.4 is 0 Å². The van der Waals surface area contributed by atoms with E-state index in [2.05, 4.69) is 0 Å². The van der Waals surface area contributed by atoms with Crippen LogP contribution in [0.5, 0.6) is 0 Å². The molecule has 1 aliphatic carbocycles. The lowest BCUT2D eigenvalue weighted by molar-refractivity contribution is -0.0268. The number of aliphatic hydroxyl groups excluding tert-OH is 1. The molecule has 14 heavy (non-hydrogen) atoms. The zero-order valence-corrected chi connectivity index (χ0v) is 8.95. The van der Waals surface area contributed by atoms with Gasteiger partial charge < -0.3 is 9.84 Å². The van der Waals surface area contributed by atoms with Gasteiger partial charge in [-0.3, -0.25) is 0 Å². The average molecular weight is 198 g/mol. The van der Waals surface area contributed by atoms with Crippen molar-refractivity contribution in [3.63, 3.8) is 0 Å². The van der Waals surface area contributed by atoms with E-state index in [-0.39, 0.29) is 6.10 Å². The van der Waals surface area contributed by atoms with Crippen molar-refractivity contribution in [2.24, 2.45) is 5.92 Å². The maximum atomic E-state index is 10.0. The SMILES string of the molecule is OC(CC1CCCCO1)C1CCCC1. The number of hydrogen-bond donors (Lipinski definition) is 1. The predicted molar refractivity (Wildman–Crippen MR) is 56.2 cm³/mol. The highest BCUT2D eigenvalue weighted by Crippen LogP contribution is 2.30. The van der Waals surface area contributed by atoms with Crippen molar-refractivity contribution < 1.29 is 9.84 Å². The predicted octanol–water partition coefficient (Wildman–Crippen LogP) is 2.50. The Bertz CT molecular complexity index is 158. The van der Waals surface area contributed by atoms with Crippen molar-refractivity contribution in [2.75, 3.05) is 6.61 Å². The van der Waals surface area contributed by atoms with E-state index in [0.29, 0.717) is 12.0 Å². The van der Waals surface area contributed by atoms with Crippen LogP contribution in [0.1, 0.15) is 51.4 Å². The fraction of sp³-hybridized carbons (Fsp3) is 1.00. The van der Waals surface area contributed by atoms with Crippen molar-refractivity contribution in [3.8, 4) is 0 Å². The standard InChI is InChI=1S/C12H22O2/c13-12(10-5-1-2-6-10)9-11-7-3-4-8-14-11/h10-13H,1-9H2. The largest absolute Gasteiger partial charge is 0.393 e. The van der Waals surface area contributed by atoms with Crippen LogP contribution in [-0.2, 0) is 4.74 Å². The first-order valence-corrected chi connectivity index (χ1v) is 6.16. The lowest BCUT2D eigenvalue weighted by Gasteiger charge is -2.27. The Labute approximate surface area is 86.6 Å². The number of rotatable bonds is 3. The molecule has 2 rings (SSSR count). The zero-order valence-electron chi connectivity index (χ0n) is 8.95. The molecule has 0 aromatic heterocycles. The second-order valence-corrected chi connectivity index (χ2v) is 4.84. The molecule has 2 fully saturated rings.